The third kappa shape index (κ3) is 1.47. The van der Waals surface area contributed by atoms with Crippen LogP contribution < -0.4 is 0 Å². The maximum Gasteiger partial charge on any atom is 0.0527 e. The highest BCUT2D eigenvalue weighted by molar-refractivity contribution is 5.26. The second-order valence-corrected chi connectivity index (χ2v) is 5.31. The van der Waals surface area contributed by atoms with Gasteiger partial charge in [-0.15, -0.1) is 0 Å². The minimum Gasteiger partial charge on any atom is -0.270 e. The summed E-state index contributed by atoms with van der Waals surface area (Å²) in [6.45, 7) is 10.2. The van der Waals surface area contributed by atoms with E-state index in [1.807, 2.05) is 0 Å². The Labute approximate surface area is 86.3 Å². The summed E-state index contributed by atoms with van der Waals surface area (Å²) in [5.41, 5.74) is 3.39. The monoisotopic (exact) mass is 192 g/mol. The molecule has 0 aromatic carbocycles. The van der Waals surface area contributed by atoms with Gasteiger partial charge in [0.25, 0.3) is 0 Å². The number of aromatic nitrogens is 2. The normalized spacial score (nSPS) is 24.7. The molecule has 0 N–H and O–H groups in total. The number of aryl methyl sites for hydroxylation is 1. The molecule has 2 nitrogen and oxygen atoms in total. The summed E-state index contributed by atoms with van der Waals surface area (Å²) < 4.78 is 2.16. The van der Waals surface area contributed by atoms with Crippen LogP contribution in [0, 0.1) is 5.41 Å². The van der Waals surface area contributed by atoms with Gasteiger partial charge < -0.3 is 0 Å². The molecule has 0 amide bonds. The van der Waals surface area contributed by atoms with E-state index in [0.717, 1.165) is 6.54 Å². The minimum absolute atomic E-state index is 0.444. The summed E-state index contributed by atoms with van der Waals surface area (Å²) >= 11 is 0. The summed E-state index contributed by atoms with van der Waals surface area (Å²) in [7, 11) is 0. The third-order valence-electron chi connectivity index (χ3n) is 3.32. The standard InChI is InChI=1S/C12H20N2/c1-5-14-11-7-12(3,4)6-9(2)10(11)8-13-14/h8-9H,5-7H2,1-4H3/t9-/m1/s1. The largest absolute Gasteiger partial charge is 0.270 e. The van der Waals surface area contributed by atoms with Crippen LogP contribution in [0.15, 0.2) is 6.20 Å². The van der Waals surface area contributed by atoms with Crippen LogP contribution in [-0.2, 0) is 13.0 Å². The van der Waals surface area contributed by atoms with Gasteiger partial charge in [0.05, 0.1) is 6.20 Å². The third-order valence-corrected chi connectivity index (χ3v) is 3.32. The highest BCUT2D eigenvalue weighted by Gasteiger charge is 2.32. The summed E-state index contributed by atoms with van der Waals surface area (Å²) in [6, 6.07) is 0. The first-order valence-corrected chi connectivity index (χ1v) is 5.58. The van der Waals surface area contributed by atoms with Crippen molar-refractivity contribution < 1.29 is 0 Å². The lowest BCUT2D eigenvalue weighted by atomic mass is 9.72. The molecule has 1 aromatic heterocycles. The average Bonchev–Trinajstić information content (AvgIpc) is 2.45. The summed E-state index contributed by atoms with van der Waals surface area (Å²) in [6.07, 6.45) is 4.54. The Hall–Kier alpha value is -0.790. The van der Waals surface area contributed by atoms with Crippen LogP contribution in [0.4, 0.5) is 0 Å². The van der Waals surface area contributed by atoms with Crippen LogP contribution in [0.3, 0.4) is 0 Å². The molecule has 0 radical (unpaired) electrons. The van der Waals surface area contributed by atoms with Gasteiger partial charge in [-0.25, -0.2) is 0 Å². The number of hydrogen-bond acceptors (Lipinski definition) is 1. The predicted octanol–water partition coefficient (Wildman–Crippen LogP) is 2.98. The van der Waals surface area contributed by atoms with Crippen LogP contribution in [0.1, 0.15) is 51.3 Å². The van der Waals surface area contributed by atoms with Crippen molar-refractivity contribution >= 4 is 0 Å². The first kappa shape index (κ1) is 9.75. The SMILES string of the molecule is CCn1ncc2c1CC(C)(C)C[C@H]2C. The van der Waals surface area contributed by atoms with E-state index >= 15 is 0 Å². The van der Waals surface area contributed by atoms with E-state index in [2.05, 4.69) is 43.7 Å². The lowest BCUT2D eigenvalue weighted by molar-refractivity contribution is 0.279. The zero-order valence-corrected chi connectivity index (χ0v) is 9.67. The van der Waals surface area contributed by atoms with Crippen LogP contribution >= 0.6 is 0 Å². The Balaban J connectivity index is 2.43. The zero-order chi connectivity index (χ0) is 10.3. The summed E-state index contributed by atoms with van der Waals surface area (Å²) in [5, 5.41) is 4.45. The lowest BCUT2D eigenvalue weighted by Gasteiger charge is -2.34. The number of nitrogens with zero attached hydrogens (tertiary/aromatic N) is 2. The van der Waals surface area contributed by atoms with E-state index in [9.17, 15) is 0 Å². The van der Waals surface area contributed by atoms with Crippen molar-refractivity contribution in [3.8, 4) is 0 Å². The number of hydrogen-bond donors (Lipinski definition) is 0. The highest BCUT2D eigenvalue weighted by Crippen LogP contribution is 2.41. The molecule has 2 rings (SSSR count). The highest BCUT2D eigenvalue weighted by atomic mass is 15.3. The smallest absolute Gasteiger partial charge is 0.0527 e. The average molecular weight is 192 g/mol. The van der Waals surface area contributed by atoms with E-state index in [1.165, 1.54) is 24.1 Å². The van der Waals surface area contributed by atoms with Gasteiger partial charge in [-0.3, -0.25) is 4.68 Å². The molecular formula is C12H20N2. The van der Waals surface area contributed by atoms with E-state index < -0.39 is 0 Å². The van der Waals surface area contributed by atoms with Gasteiger partial charge >= 0.3 is 0 Å². The molecule has 1 heterocycles. The molecule has 1 aromatic rings. The van der Waals surface area contributed by atoms with Crippen molar-refractivity contribution in [3.63, 3.8) is 0 Å². The summed E-state index contributed by atoms with van der Waals surface area (Å²) in [5.74, 6) is 0.675. The first-order chi connectivity index (χ1) is 6.53. The molecule has 1 atom stereocenters. The molecule has 0 aliphatic heterocycles. The van der Waals surface area contributed by atoms with E-state index in [-0.39, 0.29) is 0 Å². The molecule has 2 heteroatoms. The van der Waals surface area contributed by atoms with Gasteiger partial charge in [-0.05, 0) is 36.7 Å². The molecule has 1 aliphatic carbocycles. The van der Waals surface area contributed by atoms with E-state index in [1.54, 1.807) is 0 Å². The molecule has 0 bridgehead atoms. The molecular weight excluding hydrogens is 172 g/mol. The maximum atomic E-state index is 4.45. The van der Waals surface area contributed by atoms with Gasteiger partial charge in [-0.2, -0.15) is 5.10 Å². The first-order valence-electron chi connectivity index (χ1n) is 5.58. The quantitative estimate of drug-likeness (QED) is 0.669. The molecule has 14 heavy (non-hydrogen) atoms. The van der Waals surface area contributed by atoms with Gasteiger partial charge in [-0.1, -0.05) is 20.8 Å². The lowest BCUT2D eigenvalue weighted by Crippen LogP contribution is -2.25. The van der Waals surface area contributed by atoms with E-state index in [0.29, 0.717) is 11.3 Å². The Kier molecular flexibility index (Phi) is 2.17. The number of rotatable bonds is 1. The minimum atomic E-state index is 0.444. The fraction of sp³-hybridized carbons (Fsp3) is 0.750. The molecule has 0 saturated carbocycles. The molecule has 0 saturated heterocycles. The Bertz CT molecular complexity index is 336. The number of fused-ring (bicyclic) bond motifs is 1. The van der Waals surface area contributed by atoms with Crippen molar-refractivity contribution in [1.82, 2.24) is 9.78 Å². The van der Waals surface area contributed by atoms with Gasteiger partial charge in [0.15, 0.2) is 0 Å². The van der Waals surface area contributed by atoms with Crippen molar-refractivity contribution in [2.75, 3.05) is 0 Å². The van der Waals surface area contributed by atoms with Crippen molar-refractivity contribution in [2.24, 2.45) is 5.41 Å². The Morgan fingerprint density at radius 2 is 2.29 bits per heavy atom. The van der Waals surface area contributed by atoms with Crippen LogP contribution in [0.2, 0.25) is 0 Å². The van der Waals surface area contributed by atoms with Gasteiger partial charge in [0.2, 0.25) is 0 Å². The van der Waals surface area contributed by atoms with Crippen LogP contribution in [-0.4, -0.2) is 9.78 Å². The van der Waals surface area contributed by atoms with Crippen LogP contribution in [0.25, 0.3) is 0 Å². The van der Waals surface area contributed by atoms with Crippen LogP contribution in [0.5, 0.6) is 0 Å². The topological polar surface area (TPSA) is 17.8 Å². The fourth-order valence-corrected chi connectivity index (χ4v) is 2.77. The molecule has 0 unspecified atom stereocenters. The summed E-state index contributed by atoms with van der Waals surface area (Å²) in [4.78, 5) is 0. The van der Waals surface area contributed by atoms with Crippen molar-refractivity contribution in [3.05, 3.63) is 17.5 Å². The Morgan fingerprint density at radius 1 is 1.57 bits per heavy atom. The Morgan fingerprint density at radius 3 is 2.93 bits per heavy atom. The predicted molar refractivity (Wildman–Crippen MR) is 58.4 cm³/mol. The van der Waals surface area contributed by atoms with Crippen molar-refractivity contribution in [1.29, 1.82) is 0 Å². The van der Waals surface area contributed by atoms with Gasteiger partial charge in [0.1, 0.15) is 0 Å². The molecule has 78 valence electrons. The van der Waals surface area contributed by atoms with E-state index in [4.69, 9.17) is 0 Å². The maximum absolute atomic E-state index is 4.45. The molecule has 1 aliphatic rings. The van der Waals surface area contributed by atoms with Crippen molar-refractivity contribution in [2.45, 2.75) is 53.0 Å². The molecule has 0 fully saturated rings. The fourth-order valence-electron chi connectivity index (χ4n) is 2.77. The molecule has 0 spiro atoms. The van der Waals surface area contributed by atoms with Gasteiger partial charge in [0, 0.05) is 12.2 Å². The zero-order valence-electron chi connectivity index (χ0n) is 9.67. The second kappa shape index (κ2) is 3.11. The second-order valence-electron chi connectivity index (χ2n) is 5.31.